The number of carbonyl (C=O) groups excluding carboxylic acids is 2. The predicted octanol–water partition coefficient (Wildman–Crippen LogP) is 1.60. The van der Waals surface area contributed by atoms with Crippen LogP contribution in [-0.2, 0) is 11.3 Å². The Bertz CT molecular complexity index is 951. The van der Waals surface area contributed by atoms with E-state index in [1.165, 1.54) is 0 Å². The van der Waals surface area contributed by atoms with E-state index in [2.05, 4.69) is 21.2 Å². The van der Waals surface area contributed by atoms with Crippen LogP contribution in [0.1, 0.15) is 22.8 Å². The van der Waals surface area contributed by atoms with Gasteiger partial charge < -0.3 is 4.74 Å². The van der Waals surface area contributed by atoms with Gasteiger partial charge in [-0.15, -0.1) is 5.10 Å². The fourth-order valence-electron chi connectivity index (χ4n) is 2.44. The molecule has 8 heteroatoms. The Kier molecular flexibility index (Phi) is 5.12. The predicted molar refractivity (Wildman–Crippen MR) is 95.5 cm³/mol. The van der Waals surface area contributed by atoms with Crippen molar-refractivity contribution < 1.29 is 14.3 Å². The Balaban J connectivity index is 1.54. The van der Waals surface area contributed by atoms with Gasteiger partial charge in [0.15, 0.2) is 6.61 Å². The first-order valence-corrected chi connectivity index (χ1v) is 8.18. The number of nitrogens with one attached hydrogen (secondary N) is 2. The number of carbonyl (C=O) groups is 2. The van der Waals surface area contributed by atoms with Crippen LogP contribution in [0.4, 0.5) is 0 Å². The smallest absolute Gasteiger partial charge is 0.276 e. The molecule has 0 bridgehead atoms. The number of rotatable bonds is 5. The van der Waals surface area contributed by atoms with E-state index in [0.717, 1.165) is 11.1 Å². The molecule has 0 aliphatic heterocycles. The van der Waals surface area contributed by atoms with Crippen LogP contribution in [0.5, 0.6) is 5.75 Å². The van der Waals surface area contributed by atoms with Crippen molar-refractivity contribution in [1.82, 2.24) is 25.8 Å². The molecule has 0 atom stereocenters. The van der Waals surface area contributed by atoms with Crippen LogP contribution in [0.15, 0.2) is 42.5 Å². The number of aryl methyl sites for hydroxylation is 2. The second-order valence-corrected chi connectivity index (χ2v) is 5.72. The van der Waals surface area contributed by atoms with Gasteiger partial charge in [-0.3, -0.25) is 20.4 Å². The molecule has 2 N–H and O–H groups in total. The molecule has 0 aliphatic rings. The maximum absolute atomic E-state index is 12.2. The van der Waals surface area contributed by atoms with Crippen LogP contribution in [-0.4, -0.2) is 33.4 Å². The van der Waals surface area contributed by atoms with E-state index in [9.17, 15) is 9.59 Å². The number of hydrogen-bond donors (Lipinski definition) is 2. The summed E-state index contributed by atoms with van der Waals surface area (Å²) in [5.74, 6) is -0.310. The van der Waals surface area contributed by atoms with Crippen molar-refractivity contribution in [2.45, 2.75) is 20.4 Å². The quantitative estimate of drug-likeness (QED) is 0.679. The largest absolute Gasteiger partial charge is 0.484 e. The number of fused-ring (bicyclic) bond motifs is 1. The van der Waals surface area contributed by atoms with Crippen molar-refractivity contribution in [1.29, 1.82) is 0 Å². The first kappa shape index (κ1) is 17.4. The summed E-state index contributed by atoms with van der Waals surface area (Å²) in [5.41, 5.74) is 7.56. The Hall–Kier alpha value is -3.42. The number of nitrogens with zero attached hydrogens (tertiary/aromatic N) is 3. The molecule has 2 amide bonds. The highest BCUT2D eigenvalue weighted by atomic mass is 16.5. The average Bonchev–Trinajstić information content (AvgIpc) is 3.06. The minimum absolute atomic E-state index is 0.201. The molecule has 0 spiro atoms. The molecule has 3 rings (SSSR count). The second kappa shape index (κ2) is 7.64. The maximum Gasteiger partial charge on any atom is 0.276 e. The molecular weight excluding hydrogens is 334 g/mol. The van der Waals surface area contributed by atoms with E-state index in [4.69, 9.17) is 4.74 Å². The average molecular weight is 353 g/mol. The van der Waals surface area contributed by atoms with Crippen molar-refractivity contribution in [2.75, 3.05) is 6.61 Å². The number of ether oxygens (including phenoxy) is 1. The zero-order valence-electron chi connectivity index (χ0n) is 14.5. The minimum atomic E-state index is -0.460. The Morgan fingerprint density at radius 3 is 2.77 bits per heavy atom. The van der Waals surface area contributed by atoms with Crippen LogP contribution >= 0.6 is 0 Å². The summed E-state index contributed by atoms with van der Waals surface area (Å²) in [6.45, 7) is 4.39. The molecule has 0 saturated heterocycles. The lowest BCUT2D eigenvalue weighted by atomic mass is 10.2. The van der Waals surface area contributed by atoms with E-state index < -0.39 is 11.8 Å². The maximum atomic E-state index is 12.2. The zero-order chi connectivity index (χ0) is 18.5. The zero-order valence-corrected chi connectivity index (χ0v) is 14.5. The lowest BCUT2D eigenvalue weighted by molar-refractivity contribution is -0.123. The second-order valence-electron chi connectivity index (χ2n) is 5.72. The van der Waals surface area contributed by atoms with Gasteiger partial charge in [-0.25, -0.2) is 4.68 Å². The van der Waals surface area contributed by atoms with E-state index in [1.54, 1.807) is 28.9 Å². The molecule has 0 radical (unpaired) electrons. The van der Waals surface area contributed by atoms with E-state index in [1.807, 2.05) is 32.0 Å². The van der Waals surface area contributed by atoms with Crippen molar-refractivity contribution >= 4 is 22.8 Å². The fourth-order valence-corrected chi connectivity index (χ4v) is 2.44. The van der Waals surface area contributed by atoms with Gasteiger partial charge in [0, 0.05) is 12.1 Å². The molecule has 1 heterocycles. The summed E-state index contributed by atoms with van der Waals surface area (Å²) in [7, 11) is 0. The number of aromatic nitrogens is 3. The third kappa shape index (κ3) is 3.97. The summed E-state index contributed by atoms with van der Waals surface area (Å²) < 4.78 is 7.11. The van der Waals surface area contributed by atoms with Crippen molar-refractivity contribution in [2.24, 2.45) is 0 Å². The van der Waals surface area contributed by atoms with Crippen molar-refractivity contribution in [3.63, 3.8) is 0 Å². The Labute approximate surface area is 150 Å². The van der Waals surface area contributed by atoms with E-state index in [-0.39, 0.29) is 6.61 Å². The molecule has 26 heavy (non-hydrogen) atoms. The first-order valence-electron chi connectivity index (χ1n) is 8.18. The van der Waals surface area contributed by atoms with Gasteiger partial charge in [0.2, 0.25) is 0 Å². The van der Waals surface area contributed by atoms with E-state index >= 15 is 0 Å². The van der Waals surface area contributed by atoms with Crippen molar-refractivity contribution in [3.05, 3.63) is 53.6 Å². The summed E-state index contributed by atoms with van der Waals surface area (Å²) >= 11 is 0. The Morgan fingerprint density at radius 2 is 2.00 bits per heavy atom. The number of hydrazine groups is 1. The van der Waals surface area contributed by atoms with Gasteiger partial charge in [0.05, 0.1) is 5.52 Å². The SMILES string of the molecule is CCn1nnc2cc(C(=O)NNC(=O)COc3cccc(C)c3)ccc21. The first-order chi connectivity index (χ1) is 12.6. The molecule has 0 saturated carbocycles. The third-order valence-electron chi connectivity index (χ3n) is 3.75. The summed E-state index contributed by atoms with van der Waals surface area (Å²) in [6.07, 6.45) is 0. The highest BCUT2D eigenvalue weighted by Gasteiger charge is 2.11. The Morgan fingerprint density at radius 1 is 1.15 bits per heavy atom. The van der Waals surface area contributed by atoms with Crippen LogP contribution in [0.25, 0.3) is 11.0 Å². The molecule has 0 unspecified atom stereocenters. The van der Waals surface area contributed by atoms with Gasteiger partial charge >= 0.3 is 0 Å². The normalized spacial score (nSPS) is 10.5. The highest BCUT2D eigenvalue weighted by Crippen LogP contribution is 2.13. The standard InChI is InChI=1S/C18H19N5O3/c1-3-23-16-8-7-13(10-15(16)19-22-23)18(25)21-20-17(24)11-26-14-6-4-5-12(2)9-14/h4-10H,3,11H2,1-2H3,(H,20,24)(H,21,25). The monoisotopic (exact) mass is 353 g/mol. The van der Waals surface area contributed by atoms with Gasteiger partial charge in [-0.2, -0.15) is 0 Å². The summed E-state index contributed by atoms with van der Waals surface area (Å²) in [5, 5.41) is 8.02. The molecular formula is C18H19N5O3. The van der Waals surface area contributed by atoms with Gasteiger partial charge in [0.1, 0.15) is 11.3 Å². The third-order valence-corrected chi connectivity index (χ3v) is 3.75. The molecule has 3 aromatic rings. The van der Waals surface area contributed by atoms with E-state index in [0.29, 0.717) is 23.4 Å². The van der Waals surface area contributed by atoms with Gasteiger partial charge in [0.25, 0.3) is 11.8 Å². The van der Waals surface area contributed by atoms with Crippen LogP contribution in [0.3, 0.4) is 0 Å². The number of hydrogen-bond acceptors (Lipinski definition) is 5. The lowest BCUT2D eigenvalue weighted by Gasteiger charge is -2.09. The molecule has 1 aromatic heterocycles. The topological polar surface area (TPSA) is 98.1 Å². The molecule has 8 nitrogen and oxygen atoms in total. The lowest BCUT2D eigenvalue weighted by Crippen LogP contribution is -2.43. The fraction of sp³-hybridized carbons (Fsp3) is 0.222. The van der Waals surface area contributed by atoms with Gasteiger partial charge in [-0.05, 0) is 49.7 Å². The molecule has 134 valence electrons. The van der Waals surface area contributed by atoms with Crippen molar-refractivity contribution in [3.8, 4) is 5.75 Å². The summed E-state index contributed by atoms with van der Waals surface area (Å²) in [6, 6.07) is 12.4. The minimum Gasteiger partial charge on any atom is -0.484 e. The molecule has 2 aromatic carbocycles. The summed E-state index contributed by atoms with van der Waals surface area (Å²) in [4.78, 5) is 24.0. The van der Waals surface area contributed by atoms with Crippen LogP contribution < -0.4 is 15.6 Å². The van der Waals surface area contributed by atoms with Crippen LogP contribution in [0, 0.1) is 6.92 Å². The molecule has 0 fully saturated rings. The highest BCUT2D eigenvalue weighted by molar-refractivity contribution is 5.98. The van der Waals surface area contributed by atoms with Crippen LogP contribution in [0.2, 0.25) is 0 Å². The number of amides is 2. The number of benzene rings is 2. The molecule has 0 aliphatic carbocycles. The van der Waals surface area contributed by atoms with Gasteiger partial charge in [-0.1, -0.05) is 17.3 Å².